The fraction of sp³-hybridized carbons (Fsp3) is 0.636. The van der Waals surface area contributed by atoms with Crippen molar-refractivity contribution in [2.75, 3.05) is 33.7 Å². The van der Waals surface area contributed by atoms with Gasteiger partial charge in [0.25, 0.3) is 0 Å². The van der Waals surface area contributed by atoms with Crippen LogP contribution in [0.25, 0.3) is 0 Å². The summed E-state index contributed by atoms with van der Waals surface area (Å²) in [7, 11) is 4.22. The van der Waals surface area contributed by atoms with Crippen LogP contribution in [0.1, 0.15) is 11.7 Å². The number of piperazine rings is 1. The molecular weight excluding hydrogens is 188 g/mol. The molecule has 2 rings (SSSR count). The summed E-state index contributed by atoms with van der Waals surface area (Å²) in [6.07, 6.45) is 1.98. The summed E-state index contributed by atoms with van der Waals surface area (Å²) in [6, 6.07) is 5.08. The predicted molar refractivity (Wildman–Crippen MR) is 61.9 cm³/mol. The van der Waals surface area contributed by atoms with Gasteiger partial charge in [0.2, 0.25) is 0 Å². The van der Waals surface area contributed by atoms with E-state index < -0.39 is 0 Å². The summed E-state index contributed by atoms with van der Waals surface area (Å²) >= 11 is 0. The number of aromatic amines is 1. The van der Waals surface area contributed by atoms with Gasteiger partial charge in [0.1, 0.15) is 0 Å². The molecule has 1 aromatic heterocycles. The maximum atomic E-state index is 3.45. The molecule has 0 spiro atoms. The van der Waals surface area contributed by atoms with Crippen molar-refractivity contribution in [3.63, 3.8) is 0 Å². The van der Waals surface area contributed by atoms with Crippen molar-refractivity contribution in [3.05, 3.63) is 24.0 Å². The summed E-state index contributed by atoms with van der Waals surface area (Å²) < 4.78 is 0. The van der Waals surface area contributed by atoms with E-state index in [-0.39, 0.29) is 0 Å². The van der Waals surface area contributed by atoms with E-state index in [9.17, 15) is 0 Å². The quantitative estimate of drug-likeness (QED) is 0.664. The molecule has 84 valence electrons. The van der Waals surface area contributed by atoms with Gasteiger partial charge in [-0.25, -0.2) is 0 Å². The number of nitrogens with one attached hydrogen (secondary N) is 3. The molecule has 1 aliphatic rings. The molecule has 1 aliphatic heterocycles. The predicted octanol–water partition coefficient (Wildman–Crippen LogP) is 0.179. The average molecular weight is 208 g/mol. The van der Waals surface area contributed by atoms with Crippen molar-refractivity contribution in [2.45, 2.75) is 12.1 Å². The highest BCUT2D eigenvalue weighted by molar-refractivity contribution is 5.12. The molecule has 1 fully saturated rings. The van der Waals surface area contributed by atoms with Gasteiger partial charge in [-0.2, -0.15) is 0 Å². The second-order valence-electron chi connectivity index (χ2n) is 4.14. The number of nitrogens with zero attached hydrogens (tertiary/aromatic N) is 1. The molecule has 0 saturated carbocycles. The second-order valence-corrected chi connectivity index (χ2v) is 4.14. The molecular formula is C11H20N4. The van der Waals surface area contributed by atoms with Gasteiger partial charge in [0.05, 0.1) is 6.04 Å². The van der Waals surface area contributed by atoms with Crippen LogP contribution < -0.4 is 10.6 Å². The van der Waals surface area contributed by atoms with Crippen molar-refractivity contribution < 1.29 is 0 Å². The Morgan fingerprint density at radius 2 is 2.47 bits per heavy atom. The highest BCUT2D eigenvalue weighted by Gasteiger charge is 2.27. The Kier molecular flexibility index (Phi) is 3.41. The Balaban J connectivity index is 2.11. The zero-order chi connectivity index (χ0) is 10.7. The lowest BCUT2D eigenvalue weighted by Gasteiger charge is -2.38. The van der Waals surface area contributed by atoms with Gasteiger partial charge >= 0.3 is 0 Å². The molecule has 0 bridgehead atoms. The number of hydrogen-bond donors (Lipinski definition) is 3. The van der Waals surface area contributed by atoms with Crippen LogP contribution in [0, 0.1) is 0 Å². The third kappa shape index (κ3) is 2.22. The number of likely N-dealkylation sites (N-methyl/N-ethyl adjacent to an activating group) is 2. The van der Waals surface area contributed by atoms with Gasteiger partial charge < -0.3 is 15.6 Å². The molecule has 2 heterocycles. The van der Waals surface area contributed by atoms with Gasteiger partial charge in [0, 0.05) is 37.6 Å². The van der Waals surface area contributed by atoms with E-state index in [1.165, 1.54) is 5.69 Å². The third-order valence-corrected chi connectivity index (χ3v) is 3.21. The van der Waals surface area contributed by atoms with Crippen LogP contribution in [0.4, 0.5) is 0 Å². The van der Waals surface area contributed by atoms with E-state index in [1.807, 2.05) is 13.2 Å². The molecule has 1 aromatic rings. The van der Waals surface area contributed by atoms with Crippen molar-refractivity contribution >= 4 is 0 Å². The first kappa shape index (κ1) is 10.7. The van der Waals surface area contributed by atoms with Crippen molar-refractivity contribution in [1.82, 2.24) is 20.5 Å². The largest absolute Gasteiger partial charge is 0.364 e. The average Bonchev–Trinajstić information content (AvgIpc) is 2.75. The minimum Gasteiger partial charge on any atom is -0.364 e. The summed E-state index contributed by atoms with van der Waals surface area (Å²) in [5, 5.41) is 6.84. The minimum absolute atomic E-state index is 0.373. The molecule has 3 N–H and O–H groups in total. The smallest absolute Gasteiger partial charge is 0.0640 e. The number of hydrogen-bond acceptors (Lipinski definition) is 3. The fourth-order valence-corrected chi connectivity index (χ4v) is 2.29. The standard InChI is InChI=1S/C11H20N4/c1-12-11(9-4-3-5-14-9)10-8-13-6-7-15(10)2/h3-5,10-14H,6-8H2,1-2H3. The first-order valence-corrected chi connectivity index (χ1v) is 5.54. The highest BCUT2D eigenvalue weighted by atomic mass is 15.2. The van der Waals surface area contributed by atoms with Crippen LogP contribution in [0.2, 0.25) is 0 Å². The topological polar surface area (TPSA) is 43.1 Å². The maximum absolute atomic E-state index is 3.45. The van der Waals surface area contributed by atoms with Crippen molar-refractivity contribution in [2.24, 2.45) is 0 Å². The third-order valence-electron chi connectivity index (χ3n) is 3.21. The highest BCUT2D eigenvalue weighted by Crippen LogP contribution is 2.19. The van der Waals surface area contributed by atoms with E-state index in [2.05, 4.69) is 39.7 Å². The van der Waals surface area contributed by atoms with E-state index in [0.717, 1.165) is 19.6 Å². The Labute approximate surface area is 91.0 Å². The Morgan fingerprint density at radius 1 is 1.60 bits per heavy atom. The van der Waals surface area contributed by atoms with Crippen LogP contribution in [0.5, 0.6) is 0 Å². The van der Waals surface area contributed by atoms with Crippen LogP contribution in [0.3, 0.4) is 0 Å². The zero-order valence-corrected chi connectivity index (χ0v) is 9.46. The van der Waals surface area contributed by atoms with Gasteiger partial charge in [-0.05, 0) is 26.2 Å². The second kappa shape index (κ2) is 4.79. The SMILES string of the molecule is CNC(c1ccc[nH]1)C1CNCCN1C. The normalized spacial score (nSPS) is 25.3. The van der Waals surface area contributed by atoms with Gasteiger partial charge in [-0.1, -0.05) is 0 Å². The van der Waals surface area contributed by atoms with Crippen LogP contribution >= 0.6 is 0 Å². The molecule has 15 heavy (non-hydrogen) atoms. The van der Waals surface area contributed by atoms with Crippen molar-refractivity contribution in [1.29, 1.82) is 0 Å². The summed E-state index contributed by atoms with van der Waals surface area (Å²) in [5.41, 5.74) is 1.26. The van der Waals surface area contributed by atoms with Gasteiger partial charge in [0.15, 0.2) is 0 Å². The lowest BCUT2D eigenvalue weighted by molar-refractivity contribution is 0.160. The molecule has 4 heteroatoms. The first-order valence-electron chi connectivity index (χ1n) is 5.54. The van der Waals surface area contributed by atoms with Gasteiger partial charge in [-0.15, -0.1) is 0 Å². The van der Waals surface area contributed by atoms with E-state index in [0.29, 0.717) is 12.1 Å². The van der Waals surface area contributed by atoms with Crippen LogP contribution in [-0.4, -0.2) is 49.7 Å². The fourth-order valence-electron chi connectivity index (χ4n) is 2.29. The number of aromatic nitrogens is 1. The van der Waals surface area contributed by atoms with Crippen LogP contribution in [0.15, 0.2) is 18.3 Å². The minimum atomic E-state index is 0.373. The monoisotopic (exact) mass is 208 g/mol. The molecule has 2 unspecified atom stereocenters. The Hall–Kier alpha value is -0.840. The van der Waals surface area contributed by atoms with E-state index in [4.69, 9.17) is 0 Å². The summed E-state index contributed by atoms with van der Waals surface area (Å²) in [4.78, 5) is 5.70. The molecule has 0 amide bonds. The maximum Gasteiger partial charge on any atom is 0.0640 e. The summed E-state index contributed by atoms with van der Waals surface area (Å²) in [6.45, 7) is 3.25. The molecule has 0 aliphatic carbocycles. The molecule has 2 atom stereocenters. The van der Waals surface area contributed by atoms with E-state index in [1.54, 1.807) is 0 Å². The lowest BCUT2D eigenvalue weighted by Crippen LogP contribution is -2.54. The summed E-state index contributed by atoms with van der Waals surface area (Å²) in [5.74, 6) is 0. The van der Waals surface area contributed by atoms with Gasteiger partial charge in [-0.3, -0.25) is 4.90 Å². The molecule has 0 radical (unpaired) electrons. The number of H-pyrrole nitrogens is 1. The van der Waals surface area contributed by atoms with E-state index >= 15 is 0 Å². The zero-order valence-electron chi connectivity index (χ0n) is 9.46. The number of rotatable bonds is 3. The Morgan fingerprint density at radius 3 is 3.07 bits per heavy atom. The first-order chi connectivity index (χ1) is 7.33. The lowest BCUT2D eigenvalue weighted by atomic mass is 10.0. The molecule has 1 saturated heterocycles. The molecule has 4 nitrogen and oxygen atoms in total. The Bertz CT molecular complexity index is 283. The van der Waals surface area contributed by atoms with Crippen LogP contribution in [-0.2, 0) is 0 Å². The van der Waals surface area contributed by atoms with Crippen molar-refractivity contribution in [3.8, 4) is 0 Å². The molecule has 0 aromatic carbocycles.